The van der Waals surface area contributed by atoms with Gasteiger partial charge in [-0.3, -0.25) is 0 Å². The van der Waals surface area contributed by atoms with E-state index in [9.17, 15) is 10.5 Å². The Kier molecular flexibility index (Phi) is 15.3. The van der Waals surface area contributed by atoms with E-state index in [4.69, 9.17) is 23.1 Å². The second kappa shape index (κ2) is 25.0. The van der Waals surface area contributed by atoms with Gasteiger partial charge in [0.15, 0.2) is 22.8 Å². The Morgan fingerprint density at radius 2 is 0.701 bits per heavy atom. The number of benzene rings is 13. The highest BCUT2D eigenvalue weighted by Gasteiger charge is 2.25. The number of fused-ring (bicyclic) bond motifs is 15. The lowest BCUT2D eigenvalue weighted by molar-refractivity contribution is 1.17. The molecule has 0 atom stereocenters. The Morgan fingerprint density at radius 3 is 1.14 bits per heavy atom. The zero-order valence-corrected chi connectivity index (χ0v) is 54.7. The first-order chi connectivity index (χ1) is 47.7. The van der Waals surface area contributed by atoms with Crippen molar-refractivity contribution in [1.82, 2.24) is 29.1 Å². The fourth-order valence-corrected chi connectivity index (χ4v) is 14.1. The molecule has 18 rings (SSSR count). The van der Waals surface area contributed by atoms with E-state index in [0.29, 0.717) is 22.8 Å². The summed E-state index contributed by atoms with van der Waals surface area (Å²) < 4.78 is 6.54. The van der Waals surface area contributed by atoms with Crippen LogP contribution in [0, 0.1) is 35.8 Å². The number of nitriles is 2. The Morgan fingerprint density at radius 1 is 0.340 bits per heavy atom. The molecule has 0 bridgehead atoms. The molecule has 0 unspecified atom stereocenters. The summed E-state index contributed by atoms with van der Waals surface area (Å²) in [6, 6.07) is 100. The van der Waals surface area contributed by atoms with Gasteiger partial charge in [-0.1, -0.05) is 239 Å². The first-order valence-electron chi connectivity index (χ1n) is 31.3. The van der Waals surface area contributed by atoms with Gasteiger partial charge in [-0.05, 0) is 135 Å². The summed E-state index contributed by atoms with van der Waals surface area (Å²) in [7, 11) is 0. The van der Waals surface area contributed by atoms with E-state index in [2.05, 4.69) is 273 Å². The zero-order chi connectivity index (χ0) is 65.7. The summed E-state index contributed by atoms with van der Waals surface area (Å²) in [4.78, 5) is 25.3. The Bertz CT molecular complexity index is 5910. The van der Waals surface area contributed by atoms with Crippen LogP contribution in [0.25, 0.3) is 153 Å². The molecule has 0 amide bonds. The third kappa shape index (κ3) is 10.6. The van der Waals surface area contributed by atoms with Gasteiger partial charge in [0.1, 0.15) is 23.5 Å². The van der Waals surface area contributed by atoms with Crippen molar-refractivity contribution in [3.63, 3.8) is 0 Å². The van der Waals surface area contributed by atoms with Crippen molar-refractivity contribution in [3.05, 3.63) is 333 Å². The molecular weight excluding hydrogens is 1320 g/mol. The number of rotatable bonds is 6. The van der Waals surface area contributed by atoms with Gasteiger partial charge in [-0.2, -0.15) is 10.5 Å². The van der Waals surface area contributed by atoms with Crippen LogP contribution in [0.15, 0.2) is 288 Å². The Labute approximate surface area is 574 Å². The second-order valence-electron chi connectivity index (χ2n) is 23.5. The molecule has 452 valence electrons. The van der Waals surface area contributed by atoms with E-state index in [1.165, 1.54) is 76.1 Å². The molecule has 4 heterocycles. The standard InChI is InChI=1S/C50H28N6.C18H8Br2N4.C17H12/c1-52-50-43(30-51)53-46(33-18-24-35(25-19-33)55-44-16-8-6-14-39(44)41-28-22-31-10-2-4-12-37(31)48(41)55)47(54-50)34-20-26-36(27-21-34)56-45-17-9-7-15-40(45)42-29-23-32-11-3-5-13-38(32)49(42)56;1-22-18-15(10-21)23-16(11-2-6-13(19)7-3-11)17(24-18)12-4-8-14(20)9-5-12;1-3-7-14-12(5-1)9-10-16-15-8-4-2-6-13(15)11-17(14)16/h2-29H;2-9H;1-10H,11H2. The van der Waals surface area contributed by atoms with Gasteiger partial charge in [-0.15, -0.1) is 9.97 Å². The monoisotopic (exact) mass is 1370 g/mol. The van der Waals surface area contributed by atoms with E-state index < -0.39 is 0 Å². The van der Waals surface area contributed by atoms with Crippen LogP contribution >= 0.6 is 31.9 Å². The minimum absolute atomic E-state index is 0.00507. The summed E-state index contributed by atoms with van der Waals surface area (Å²) in [5.74, 6) is -0.00532. The van der Waals surface area contributed by atoms with Crippen molar-refractivity contribution in [2.24, 2.45) is 0 Å². The first-order valence-corrected chi connectivity index (χ1v) is 32.9. The van der Waals surface area contributed by atoms with Crippen LogP contribution in [0.3, 0.4) is 0 Å². The van der Waals surface area contributed by atoms with Crippen molar-refractivity contribution in [3.8, 4) is 79.7 Å². The molecule has 0 saturated heterocycles. The van der Waals surface area contributed by atoms with Crippen LogP contribution in [-0.2, 0) is 6.42 Å². The second-order valence-corrected chi connectivity index (χ2v) is 25.3. The maximum atomic E-state index is 10.0. The third-order valence-electron chi connectivity index (χ3n) is 18.0. The zero-order valence-electron chi connectivity index (χ0n) is 51.5. The van der Waals surface area contributed by atoms with Crippen LogP contribution < -0.4 is 0 Å². The lowest BCUT2D eigenvalue weighted by Gasteiger charge is -2.13. The molecule has 0 fully saturated rings. The Balaban J connectivity index is 0.000000146. The van der Waals surface area contributed by atoms with Gasteiger partial charge in [0.2, 0.25) is 0 Å². The highest BCUT2D eigenvalue weighted by Crippen LogP contribution is 2.43. The van der Waals surface area contributed by atoms with E-state index in [1.807, 2.05) is 78.9 Å². The summed E-state index contributed by atoms with van der Waals surface area (Å²) in [6.07, 6.45) is 1.08. The van der Waals surface area contributed by atoms with Gasteiger partial charge in [-0.25, -0.2) is 9.97 Å². The highest BCUT2D eigenvalue weighted by atomic mass is 79.9. The number of para-hydroxylation sites is 2. The van der Waals surface area contributed by atoms with Crippen molar-refractivity contribution in [2.45, 2.75) is 6.42 Å². The third-order valence-corrected chi connectivity index (χ3v) is 19.1. The molecule has 10 nitrogen and oxygen atoms in total. The van der Waals surface area contributed by atoms with Gasteiger partial charge < -0.3 is 18.8 Å². The molecule has 4 aromatic heterocycles. The number of nitrogens with zero attached hydrogens (tertiary/aromatic N) is 10. The topological polar surface area (TPSA) is 118 Å². The molecule has 0 radical (unpaired) electrons. The van der Waals surface area contributed by atoms with Gasteiger partial charge in [0, 0.05) is 74.9 Å². The number of hydrogen-bond donors (Lipinski definition) is 0. The van der Waals surface area contributed by atoms with E-state index in [0.717, 1.165) is 71.1 Å². The van der Waals surface area contributed by atoms with E-state index in [-0.39, 0.29) is 23.0 Å². The van der Waals surface area contributed by atoms with Crippen molar-refractivity contribution >= 4 is 119 Å². The van der Waals surface area contributed by atoms with Gasteiger partial charge in [0.25, 0.3) is 0 Å². The molecule has 0 aliphatic heterocycles. The molecule has 12 heteroatoms. The lowest BCUT2D eigenvalue weighted by atomic mass is 9.99. The summed E-state index contributed by atoms with van der Waals surface area (Å²) in [6.45, 7) is 15.1. The number of aromatic nitrogens is 6. The number of hydrogen-bond acceptors (Lipinski definition) is 6. The molecule has 1 aliphatic rings. The minimum Gasteiger partial charge on any atom is -0.358 e. The summed E-state index contributed by atoms with van der Waals surface area (Å²) >= 11 is 6.81. The highest BCUT2D eigenvalue weighted by molar-refractivity contribution is 9.10. The quantitative estimate of drug-likeness (QED) is 0.153. The molecule has 0 spiro atoms. The van der Waals surface area contributed by atoms with Gasteiger partial charge >= 0.3 is 11.6 Å². The Hall–Kier alpha value is -12.7. The largest absolute Gasteiger partial charge is 0.358 e. The maximum absolute atomic E-state index is 10.0. The van der Waals surface area contributed by atoms with E-state index >= 15 is 0 Å². The van der Waals surface area contributed by atoms with Crippen molar-refractivity contribution < 1.29 is 0 Å². The van der Waals surface area contributed by atoms with Gasteiger partial charge in [0.05, 0.1) is 22.1 Å². The van der Waals surface area contributed by atoms with Crippen LogP contribution in [0.4, 0.5) is 11.6 Å². The summed E-state index contributed by atoms with van der Waals surface area (Å²) in [5.41, 5.74) is 17.9. The predicted octanol–water partition coefficient (Wildman–Crippen LogP) is 22.9. The fraction of sp³-hybridized carbons (Fsp3) is 0.0118. The molecular formula is C85H48Br2N10. The molecule has 17 aromatic rings. The van der Waals surface area contributed by atoms with Crippen molar-refractivity contribution in [1.29, 1.82) is 10.5 Å². The fourth-order valence-electron chi connectivity index (χ4n) is 13.6. The minimum atomic E-state index is -0.0158. The first kappa shape index (κ1) is 59.3. The lowest BCUT2D eigenvalue weighted by Crippen LogP contribution is -1.99. The average Bonchev–Trinajstić information content (AvgIpc) is 1.60. The molecule has 13 aromatic carbocycles. The molecule has 0 N–H and O–H groups in total. The maximum Gasteiger partial charge on any atom is 0.307 e. The smallest absolute Gasteiger partial charge is 0.307 e. The summed E-state index contributed by atoms with van der Waals surface area (Å²) in [5, 5.41) is 31.5. The van der Waals surface area contributed by atoms with Crippen LogP contribution in [0.5, 0.6) is 0 Å². The van der Waals surface area contributed by atoms with E-state index in [1.54, 1.807) is 0 Å². The molecule has 1 aliphatic carbocycles. The van der Waals surface area contributed by atoms with Crippen LogP contribution in [0.2, 0.25) is 0 Å². The van der Waals surface area contributed by atoms with Crippen LogP contribution in [0.1, 0.15) is 22.5 Å². The van der Waals surface area contributed by atoms with Crippen molar-refractivity contribution in [2.75, 3.05) is 0 Å². The predicted molar refractivity (Wildman–Crippen MR) is 399 cm³/mol. The normalized spacial score (nSPS) is 11.3. The molecule has 97 heavy (non-hydrogen) atoms. The van der Waals surface area contributed by atoms with Crippen LogP contribution in [-0.4, -0.2) is 29.1 Å². The average molecular weight is 1370 g/mol. The number of halogens is 2. The SMILES string of the molecule is [C-]#[N+]c1nc(-c2ccc(-n3c4ccccc4c4ccc5ccccc5c43)cc2)c(-c2ccc(-n3c4ccccc4c4ccc5ccccc5c43)cc2)nc1C#N.[C-]#[N+]c1nc(-c2ccc(Br)cc2)c(-c2ccc(Br)cc2)nc1C#N.c1ccc2c(c1)Cc1c-2ccc2ccccc12. The molecule has 0 saturated carbocycles.